The smallest absolute Gasteiger partial charge is 0.261 e. The maximum Gasteiger partial charge on any atom is 0.261 e. The zero-order valence-electron chi connectivity index (χ0n) is 11.5. The molecular formula is C14H15ClFNO3S. The van der Waals surface area contributed by atoms with Crippen LogP contribution < -0.4 is 0 Å². The number of likely N-dealkylation sites (tertiary alicyclic amines) is 1. The van der Waals surface area contributed by atoms with Crippen molar-refractivity contribution in [2.75, 3.05) is 6.54 Å². The van der Waals surface area contributed by atoms with Crippen LogP contribution in [0.4, 0.5) is 4.39 Å². The van der Waals surface area contributed by atoms with Gasteiger partial charge in [0.1, 0.15) is 5.82 Å². The Morgan fingerprint density at radius 3 is 2.62 bits per heavy atom. The van der Waals surface area contributed by atoms with Crippen LogP contribution in [0.5, 0.6) is 0 Å². The Hall–Kier alpha value is -1.14. The van der Waals surface area contributed by atoms with E-state index in [-0.39, 0.29) is 22.1 Å². The van der Waals surface area contributed by atoms with Gasteiger partial charge < -0.3 is 4.90 Å². The number of piperidine rings is 1. The fourth-order valence-electron chi connectivity index (χ4n) is 3.41. The van der Waals surface area contributed by atoms with Crippen molar-refractivity contribution in [3.05, 3.63) is 29.1 Å². The van der Waals surface area contributed by atoms with Crippen molar-refractivity contribution in [2.24, 2.45) is 5.92 Å². The Labute approximate surface area is 127 Å². The lowest BCUT2D eigenvalue weighted by atomic mass is 10.1. The zero-order chi connectivity index (χ0) is 15.4. The third kappa shape index (κ3) is 2.55. The molecule has 1 heterocycles. The summed E-state index contributed by atoms with van der Waals surface area (Å²) in [7, 11) is 1.34. The highest BCUT2D eigenvalue weighted by atomic mass is 35.7. The zero-order valence-corrected chi connectivity index (χ0v) is 13.0. The number of fused-ring (bicyclic) bond motifs is 2. The second-order valence-corrected chi connectivity index (χ2v) is 8.36. The second-order valence-electron chi connectivity index (χ2n) is 5.83. The number of carbonyl (C=O) groups is 1. The number of hydrogen-bond donors (Lipinski definition) is 0. The van der Waals surface area contributed by atoms with Gasteiger partial charge in [-0.05, 0) is 49.8 Å². The second kappa shape index (κ2) is 4.95. The van der Waals surface area contributed by atoms with Gasteiger partial charge in [0, 0.05) is 23.3 Å². The minimum atomic E-state index is -4.01. The molecule has 1 saturated carbocycles. The molecule has 1 aliphatic heterocycles. The van der Waals surface area contributed by atoms with Crippen molar-refractivity contribution in [2.45, 2.75) is 37.1 Å². The minimum absolute atomic E-state index is 0.152. The molecule has 3 rings (SSSR count). The SMILES string of the molecule is Cc1cc(F)c(C(=O)N2CC3CCC2C3)cc1S(=O)(=O)Cl. The highest BCUT2D eigenvalue weighted by molar-refractivity contribution is 8.13. The lowest BCUT2D eigenvalue weighted by molar-refractivity contribution is 0.0698. The third-order valence-electron chi connectivity index (χ3n) is 4.43. The Kier molecular flexibility index (Phi) is 3.48. The van der Waals surface area contributed by atoms with Gasteiger partial charge in [0.15, 0.2) is 0 Å². The van der Waals surface area contributed by atoms with E-state index in [0.717, 1.165) is 31.4 Å². The number of nitrogens with zero attached hydrogens (tertiary/aromatic N) is 1. The summed E-state index contributed by atoms with van der Waals surface area (Å²) in [6.45, 7) is 2.07. The number of carbonyl (C=O) groups excluding carboxylic acids is 1. The average Bonchev–Trinajstić information content (AvgIpc) is 2.98. The molecule has 7 heteroatoms. The predicted octanol–water partition coefficient (Wildman–Crippen LogP) is 2.69. The van der Waals surface area contributed by atoms with Crippen LogP contribution in [-0.2, 0) is 9.05 Å². The maximum atomic E-state index is 14.1. The highest BCUT2D eigenvalue weighted by Crippen LogP contribution is 2.38. The van der Waals surface area contributed by atoms with E-state index in [9.17, 15) is 17.6 Å². The molecule has 4 nitrogen and oxygen atoms in total. The van der Waals surface area contributed by atoms with Gasteiger partial charge in [0.2, 0.25) is 0 Å². The molecule has 2 unspecified atom stereocenters. The Morgan fingerprint density at radius 2 is 2.10 bits per heavy atom. The molecule has 0 N–H and O–H groups in total. The van der Waals surface area contributed by atoms with Crippen LogP contribution in [0.3, 0.4) is 0 Å². The number of benzene rings is 1. The van der Waals surface area contributed by atoms with Crippen LogP contribution in [0.2, 0.25) is 0 Å². The number of hydrogen-bond acceptors (Lipinski definition) is 3. The largest absolute Gasteiger partial charge is 0.335 e. The first kappa shape index (κ1) is 14.8. The summed E-state index contributed by atoms with van der Waals surface area (Å²) in [4.78, 5) is 13.9. The molecule has 1 saturated heterocycles. The Balaban J connectivity index is 2.00. The average molecular weight is 332 g/mol. The minimum Gasteiger partial charge on any atom is -0.335 e. The van der Waals surface area contributed by atoms with Crippen LogP contribution in [-0.4, -0.2) is 31.8 Å². The number of amides is 1. The van der Waals surface area contributed by atoms with Crippen molar-refractivity contribution >= 4 is 25.6 Å². The van der Waals surface area contributed by atoms with Gasteiger partial charge in [-0.1, -0.05) is 0 Å². The molecule has 2 bridgehead atoms. The maximum absolute atomic E-state index is 14.1. The standard InChI is InChI=1S/C14H15ClFNO3S/c1-8-4-12(16)11(6-13(8)21(15,19)20)14(18)17-7-9-2-3-10(17)5-9/h4,6,9-10H,2-3,5,7H2,1H3. The van der Waals surface area contributed by atoms with Gasteiger partial charge in [-0.3, -0.25) is 4.79 Å². The van der Waals surface area contributed by atoms with Crippen LogP contribution in [0, 0.1) is 18.7 Å². The summed E-state index contributed by atoms with van der Waals surface area (Å²) < 4.78 is 37.1. The number of halogens is 2. The Morgan fingerprint density at radius 1 is 1.38 bits per heavy atom. The summed E-state index contributed by atoms with van der Waals surface area (Å²) in [5.41, 5.74) is -0.0191. The normalized spacial score (nSPS) is 24.6. The van der Waals surface area contributed by atoms with Crippen LogP contribution in [0.25, 0.3) is 0 Å². The van der Waals surface area contributed by atoms with Gasteiger partial charge in [-0.15, -0.1) is 0 Å². The van der Waals surface area contributed by atoms with E-state index in [4.69, 9.17) is 10.7 Å². The first-order chi connectivity index (χ1) is 9.77. The molecular weight excluding hydrogens is 317 g/mol. The molecule has 1 aromatic rings. The van der Waals surface area contributed by atoms with Gasteiger partial charge in [-0.25, -0.2) is 12.8 Å². The van der Waals surface area contributed by atoms with E-state index in [2.05, 4.69) is 0 Å². The highest BCUT2D eigenvalue weighted by Gasteiger charge is 2.41. The molecule has 1 aromatic carbocycles. The molecule has 1 amide bonds. The molecule has 2 atom stereocenters. The summed E-state index contributed by atoms with van der Waals surface area (Å²) >= 11 is 0. The lowest BCUT2D eigenvalue weighted by Crippen LogP contribution is -2.38. The van der Waals surface area contributed by atoms with Crippen molar-refractivity contribution < 1.29 is 17.6 Å². The van der Waals surface area contributed by atoms with Crippen molar-refractivity contribution in [3.63, 3.8) is 0 Å². The van der Waals surface area contributed by atoms with Gasteiger partial charge in [0.25, 0.3) is 15.0 Å². The van der Waals surface area contributed by atoms with E-state index >= 15 is 0 Å². The summed E-state index contributed by atoms with van der Waals surface area (Å²) in [5, 5.41) is 0. The lowest BCUT2D eigenvalue weighted by Gasteiger charge is -2.27. The molecule has 21 heavy (non-hydrogen) atoms. The molecule has 2 aliphatic rings. The van der Waals surface area contributed by atoms with E-state index in [1.54, 1.807) is 4.90 Å². The van der Waals surface area contributed by atoms with Crippen LogP contribution in [0.15, 0.2) is 17.0 Å². The van der Waals surface area contributed by atoms with Crippen LogP contribution in [0.1, 0.15) is 35.2 Å². The predicted molar refractivity (Wildman–Crippen MR) is 76.3 cm³/mol. The molecule has 2 fully saturated rings. The molecule has 0 radical (unpaired) electrons. The van der Waals surface area contributed by atoms with Crippen molar-refractivity contribution in [3.8, 4) is 0 Å². The van der Waals surface area contributed by atoms with Crippen molar-refractivity contribution in [1.29, 1.82) is 0 Å². The van der Waals surface area contributed by atoms with Crippen molar-refractivity contribution in [1.82, 2.24) is 4.90 Å². The summed E-state index contributed by atoms with van der Waals surface area (Å²) in [6.07, 6.45) is 3.00. The monoisotopic (exact) mass is 331 g/mol. The number of aryl methyl sites for hydroxylation is 1. The molecule has 1 aliphatic carbocycles. The fraction of sp³-hybridized carbons (Fsp3) is 0.500. The van der Waals surface area contributed by atoms with Gasteiger partial charge >= 0.3 is 0 Å². The first-order valence-electron chi connectivity index (χ1n) is 6.83. The molecule has 0 spiro atoms. The van der Waals surface area contributed by atoms with E-state index < -0.39 is 20.8 Å². The molecule has 0 aromatic heterocycles. The summed E-state index contributed by atoms with van der Waals surface area (Å²) in [5.74, 6) is -0.658. The van der Waals surface area contributed by atoms with E-state index in [1.165, 1.54) is 6.92 Å². The van der Waals surface area contributed by atoms with E-state index in [0.29, 0.717) is 12.5 Å². The first-order valence-corrected chi connectivity index (χ1v) is 9.14. The third-order valence-corrected chi connectivity index (χ3v) is 5.89. The topological polar surface area (TPSA) is 54.5 Å². The fourth-order valence-corrected chi connectivity index (χ4v) is 4.61. The van der Waals surface area contributed by atoms with E-state index in [1.807, 2.05) is 0 Å². The molecule has 114 valence electrons. The van der Waals surface area contributed by atoms with Crippen LogP contribution >= 0.6 is 10.7 Å². The van der Waals surface area contributed by atoms with Gasteiger partial charge in [0.05, 0.1) is 10.5 Å². The summed E-state index contributed by atoms with van der Waals surface area (Å²) in [6, 6.07) is 2.26. The quantitative estimate of drug-likeness (QED) is 0.783. The van der Waals surface area contributed by atoms with Gasteiger partial charge in [-0.2, -0.15) is 0 Å². The Bertz CT molecular complexity index is 719. The number of rotatable bonds is 2.